The predicted molar refractivity (Wildman–Crippen MR) is 91.0 cm³/mol. The van der Waals surface area contributed by atoms with Gasteiger partial charge in [-0.2, -0.15) is 4.98 Å². The first-order chi connectivity index (χ1) is 11.6. The van der Waals surface area contributed by atoms with E-state index >= 15 is 0 Å². The molecule has 0 aliphatic heterocycles. The van der Waals surface area contributed by atoms with Crippen LogP contribution in [-0.4, -0.2) is 22.2 Å². The summed E-state index contributed by atoms with van der Waals surface area (Å²) < 4.78 is 10.7. The van der Waals surface area contributed by atoms with Crippen LogP contribution in [0.1, 0.15) is 12.8 Å². The quantitative estimate of drug-likeness (QED) is 0.724. The van der Waals surface area contributed by atoms with Crippen LogP contribution in [0.4, 0.5) is 0 Å². The maximum Gasteiger partial charge on any atom is 0.261 e. The zero-order valence-corrected chi connectivity index (χ0v) is 14.3. The number of thiophene rings is 1. The Morgan fingerprint density at radius 1 is 1.38 bits per heavy atom. The van der Waals surface area contributed by atoms with Gasteiger partial charge in [0.15, 0.2) is 6.10 Å². The topological polar surface area (TPSA) is 77.2 Å². The number of hydrogen-bond donors (Lipinski definition) is 1. The van der Waals surface area contributed by atoms with Crippen LogP contribution in [0.3, 0.4) is 0 Å². The average molecular weight is 364 g/mol. The highest BCUT2D eigenvalue weighted by molar-refractivity contribution is 7.13. The largest absolute Gasteiger partial charge is 0.479 e. The summed E-state index contributed by atoms with van der Waals surface area (Å²) in [5, 5.41) is 8.97. The fraction of sp³-hybridized carbons (Fsp3) is 0.188. The lowest BCUT2D eigenvalue weighted by Gasteiger charge is -2.14. The standard InChI is InChI=1S/C16H14ClN3O3S/c1-10(22-12-6-3-2-5-11(12)17)16(21)18-9-14-19-15(20-23-14)13-7-4-8-24-13/h2-8,10H,9H2,1H3,(H,18,21)/t10-/m0/s1. The molecule has 0 spiro atoms. The summed E-state index contributed by atoms with van der Waals surface area (Å²) in [5.41, 5.74) is 0. The van der Waals surface area contributed by atoms with Gasteiger partial charge in [-0.05, 0) is 30.5 Å². The molecule has 0 radical (unpaired) electrons. The summed E-state index contributed by atoms with van der Waals surface area (Å²) in [6.07, 6.45) is -0.704. The Hall–Kier alpha value is -2.38. The third-order valence-electron chi connectivity index (χ3n) is 3.13. The lowest BCUT2D eigenvalue weighted by atomic mass is 10.3. The molecule has 1 N–H and O–H groups in total. The minimum Gasteiger partial charge on any atom is -0.479 e. The molecule has 3 aromatic rings. The summed E-state index contributed by atoms with van der Waals surface area (Å²) >= 11 is 7.52. The number of nitrogens with zero attached hydrogens (tertiary/aromatic N) is 2. The van der Waals surface area contributed by atoms with Gasteiger partial charge in [0.25, 0.3) is 5.91 Å². The van der Waals surface area contributed by atoms with E-state index in [1.54, 1.807) is 31.2 Å². The number of para-hydroxylation sites is 1. The number of carbonyl (C=O) groups excluding carboxylic acids is 1. The average Bonchev–Trinajstić information content (AvgIpc) is 3.25. The number of benzene rings is 1. The Balaban J connectivity index is 1.54. The van der Waals surface area contributed by atoms with Gasteiger partial charge < -0.3 is 14.6 Å². The first kappa shape index (κ1) is 16.5. The Morgan fingerprint density at radius 2 is 2.21 bits per heavy atom. The summed E-state index contributed by atoms with van der Waals surface area (Å²) in [7, 11) is 0. The van der Waals surface area contributed by atoms with Crippen molar-refractivity contribution >= 4 is 28.8 Å². The molecule has 6 nitrogen and oxygen atoms in total. The molecule has 0 bridgehead atoms. The van der Waals surface area contributed by atoms with Crippen LogP contribution < -0.4 is 10.1 Å². The first-order valence-corrected chi connectivity index (χ1v) is 8.44. The Kier molecular flexibility index (Phi) is 5.12. The van der Waals surface area contributed by atoms with Crippen molar-refractivity contribution in [2.24, 2.45) is 0 Å². The molecular weight excluding hydrogens is 350 g/mol. The van der Waals surface area contributed by atoms with E-state index in [4.69, 9.17) is 20.9 Å². The number of halogens is 1. The molecular formula is C16H14ClN3O3S. The van der Waals surface area contributed by atoms with Crippen LogP contribution in [0.25, 0.3) is 10.7 Å². The van der Waals surface area contributed by atoms with E-state index in [0.29, 0.717) is 22.5 Å². The van der Waals surface area contributed by atoms with Gasteiger partial charge in [0, 0.05) is 0 Å². The highest BCUT2D eigenvalue weighted by Gasteiger charge is 2.17. The summed E-state index contributed by atoms with van der Waals surface area (Å²) in [6.45, 7) is 1.77. The van der Waals surface area contributed by atoms with Crippen molar-refractivity contribution in [1.29, 1.82) is 0 Å². The van der Waals surface area contributed by atoms with Crippen molar-refractivity contribution in [3.63, 3.8) is 0 Å². The van der Waals surface area contributed by atoms with Crippen molar-refractivity contribution in [1.82, 2.24) is 15.5 Å². The van der Waals surface area contributed by atoms with Crippen LogP contribution in [0, 0.1) is 0 Å². The van der Waals surface area contributed by atoms with Gasteiger partial charge in [0.1, 0.15) is 5.75 Å². The van der Waals surface area contributed by atoms with E-state index in [9.17, 15) is 4.79 Å². The number of aromatic nitrogens is 2. The van der Waals surface area contributed by atoms with Crippen molar-refractivity contribution in [2.45, 2.75) is 19.6 Å². The van der Waals surface area contributed by atoms with Crippen molar-refractivity contribution < 1.29 is 14.1 Å². The van der Waals surface area contributed by atoms with E-state index in [1.165, 1.54) is 11.3 Å². The molecule has 3 rings (SSSR count). The van der Waals surface area contributed by atoms with Crippen LogP contribution in [0.2, 0.25) is 5.02 Å². The van der Waals surface area contributed by atoms with Crippen LogP contribution in [0.15, 0.2) is 46.3 Å². The second-order valence-electron chi connectivity index (χ2n) is 4.90. The van der Waals surface area contributed by atoms with Gasteiger partial charge in [-0.3, -0.25) is 4.79 Å². The maximum atomic E-state index is 12.1. The Morgan fingerprint density at radius 3 is 2.96 bits per heavy atom. The molecule has 24 heavy (non-hydrogen) atoms. The van der Waals surface area contributed by atoms with Gasteiger partial charge in [-0.1, -0.05) is 35.0 Å². The lowest BCUT2D eigenvalue weighted by Crippen LogP contribution is -2.36. The van der Waals surface area contributed by atoms with Crippen molar-refractivity contribution in [2.75, 3.05) is 0 Å². The number of rotatable bonds is 6. The zero-order valence-electron chi connectivity index (χ0n) is 12.7. The predicted octanol–water partition coefficient (Wildman–Crippen LogP) is 3.54. The molecule has 8 heteroatoms. The smallest absolute Gasteiger partial charge is 0.261 e. The van der Waals surface area contributed by atoms with Gasteiger partial charge in [-0.15, -0.1) is 11.3 Å². The zero-order chi connectivity index (χ0) is 16.9. The highest BCUT2D eigenvalue weighted by atomic mass is 35.5. The third-order valence-corrected chi connectivity index (χ3v) is 4.31. The van der Waals surface area contributed by atoms with E-state index in [-0.39, 0.29) is 12.5 Å². The molecule has 1 aromatic carbocycles. The molecule has 1 amide bonds. The Bertz CT molecular complexity index is 820. The fourth-order valence-electron chi connectivity index (χ4n) is 1.92. The number of carbonyl (C=O) groups is 1. The van der Waals surface area contributed by atoms with Gasteiger partial charge in [0.2, 0.25) is 11.7 Å². The second kappa shape index (κ2) is 7.46. The van der Waals surface area contributed by atoms with E-state index in [2.05, 4.69) is 15.5 Å². The normalized spacial score (nSPS) is 11.9. The summed E-state index contributed by atoms with van der Waals surface area (Å²) in [4.78, 5) is 17.2. The van der Waals surface area contributed by atoms with Crippen LogP contribution in [0.5, 0.6) is 5.75 Å². The minimum atomic E-state index is -0.704. The van der Waals surface area contributed by atoms with Gasteiger partial charge >= 0.3 is 0 Å². The maximum absolute atomic E-state index is 12.1. The molecule has 1 atom stereocenters. The molecule has 0 unspecified atom stereocenters. The number of ether oxygens (including phenoxy) is 1. The van der Waals surface area contributed by atoms with Crippen LogP contribution >= 0.6 is 22.9 Å². The molecule has 2 heterocycles. The van der Waals surface area contributed by atoms with E-state index in [1.807, 2.05) is 17.5 Å². The molecule has 0 aliphatic carbocycles. The summed E-state index contributed by atoms with van der Waals surface area (Å²) in [5.74, 6) is 0.997. The second-order valence-corrected chi connectivity index (χ2v) is 6.25. The third kappa shape index (κ3) is 3.93. The molecule has 124 valence electrons. The number of nitrogens with one attached hydrogen (secondary N) is 1. The van der Waals surface area contributed by atoms with Gasteiger partial charge in [-0.25, -0.2) is 0 Å². The molecule has 0 fully saturated rings. The molecule has 0 aliphatic rings. The Labute approximate surface area is 147 Å². The SMILES string of the molecule is C[C@H](Oc1ccccc1Cl)C(=O)NCc1nc(-c2cccs2)no1. The molecule has 2 aromatic heterocycles. The van der Waals surface area contributed by atoms with Crippen molar-refractivity contribution in [3.8, 4) is 16.5 Å². The number of hydrogen-bond acceptors (Lipinski definition) is 6. The molecule has 0 saturated carbocycles. The van der Waals surface area contributed by atoms with E-state index < -0.39 is 6.10 Å². The highest BCUT2D eigenvalue weighted by Crippen LogP contribution is 2.24. The lowest BCUT2D eigenvalue weighted by molar-refractivity contribution is -0.127. The van der Waals surface area contributed by atoms with Crippen molar-refractivity contribution in [3.05, 3.63) is 52.7 Å². The van der Waals surface area contributed by atoms with Crippen LogP contribution in [-0.2, 0) is 11.3 Å². The van der Waals surface area contributed by atoms with Gasteiger partial charge in [0.05, 0.1) is 16.4 Å². The first-order valence-electron chi connectivity index (χ1n) is 7.19. The minimum absolute atomic E-state index is 0.132. The monoisotopic (exact) mass is 363 g/mol. The molecule has 0 saturated heterocycles. The number of amides is 1. The summed E-state index contributed by atoms with van der Waals surface area (Å²) in [6, 6.07) is 10.8. The van der Waals surface area contributed by atoms with E-state index in [0.717, 1.165) is 4.88 Å². The fourth-order valence-corrected chi connectivity index (χ4v) is 2.75.